The molecular weight excluding hydrogens is 260 g/mol. The SMILES string of the molecule is CCNC1c2cc(OC)ccc2CC1N(C)C1CCCC1. The smallest absolute Gasteiger partial charge is 0.119 e. The zero-order valence-corrected chi connectivity index (χ0v) is 13.6. The summed E-state index contributed by atoms with van der Waals surface area (Å²) in [4.78, 5) is 2.65. The van der Waals surface area contributed by atoms with Gasteiger partial charge in [0, 0.05) is 18.1 Å². The predicted molar refractivity (Wildman–Crippen MR) is 86.9 cm³/mol. The van der Waals surface area contributed by atoms with Crippen LogP contribution in [0.5, 0.6) is 5.75 Å². The summed E-state index contributed by atoms with van der Waals surface area (Å²) in [6.45, 7) is 3.21. The van der Waals surface area contributed by atoms with Gasteiger partial charge in [0.2, 0.25) is 0 Å². The van der Waals surface area contributed by atoms with Crippen molar-refractivity contribution >= 4 is 0 Å². The normalized spacial score (nSPS) is 25.5. The van der Waals surface area contributed by atoms with E-state index < -0.39 is 0 Å². The molecule has 3 heteroatoms. The maximum absolute atomic E-state index is 5.42. The molecule has 0 heterocycles. The van der Waals surface area contributed by atoms with Gasteiger partial charge in [-0.25, -0.2) is 0 Å². The van der Waals surface area contributed by atoms with Crippen LogP contribution in [0.3, 0.4) is 0 Å². The second kappa shape index (κ2) is 6.37. The summed E-state index contributed by atoms with van der Waals surface area (Å²) >= 11 is 0. The van der Waals surface area contributed by atoms with E-state index in [0.29, 0.717) is 12.1 Å². The average Bonchev–Trinajstić information content (AvgIpc) is 3.15. The first-order valence-corrected chi connectivity index (χ1v) is 8.36. The predicted octanol–water partition coefficient (Wildman–Crippen LogP) is 3.14. The molecule has 3 nitrogen and oxygen atoms in total. The van der Waals surface area contributed by atoms with Gasteiger partial charge >= 0.3 is 0 Å². The maximum atomic E-state index is 5.42. The summed E-state index contributed by atoms with van der Waals surface area (Å²) in [7, 11) is 4.08. The first-order valence-electron chi connectivity index (χ1n) is 8.36. The van der Waals surface area contributed by atoms with Crippen molar-refractivity contribution in [1.82, 2.24) is 10.2 Å². The number of ether oxygens (including phenoxy) is 1. The summed E-state index contributed by atoms with van der Waals surface area (Å²) < 4.78 is 5.42. The van der Waals surface area contributed by atoms with E-state index in [2.05, 4.69) is 42.4 Å². The van der Waals surface area contributed by atoms with Gasteiger partial charge < -0.3 is 10.1 Å². The van der Waals surface area contributed by atoms with E-state index in [1.165, 1.54) is 36.8 Å². The second-order valence-corrected chi connectivity index (χ2v) is 6.48. The number of likely N-dealkylation sites (N-methyl/N-ethyl adjacent to an activating group) is 2. The number of benzene rings is 1. The van der Waals surface area contributed by atoms with Crippen LogP contribution in [0.15, 0.2) is 18.2 Å². The molecule has 0 aromatic heterocycles. The minimum absolute atomic E-state index is 0.436. The number of nitrogens with one attached hydrogen (secondary N) is 1. The van der Waals surface area contributed by atoms with Crippen LogP contribution in [-0.2, 0) is 6.42 Å². The summed E-state index contributed by atoms with van der Waals surface area (Å²) in [6, 6.07) is 8.36. The molecule has 2 aliphatic carbocycles. The fourth-order valence-electron chi connectivity index (χ4n) is 4.15. The number of fused-ring (bicyclic) bond motifs is 1. The van der Waals surface area contributed by atoms with E-state index in [1.54, 1.807) is 7.11 Å². The molecular formula is C18H28N2O. The third kappa shape index (κ3) is 2.82. The minimum Gasteiger partial charge on any atom is -0.497 e. The van der Waals surface area contributed by atoms with Crippen LogP contribution in [0.25, 0.3) is 0 Å². The van der Waals surface area contributed by atoms with Gasteiger partial charge in [0.05, 0.1) is 7.11 Å². The lowest BCUT2D eigenvalue weighted by Gasteiger charge is -2.35. The standard InChI is InChI=1S/C18H28N2O/c1-4-19-18-16-12-15(21-3)10-9-13(16)11-17(18)20(2)14-7-5-6-8-14/h9-10,12,14,17-19H,4-8,11H2,1-3H3. The van der Waals surface area contributed by atoms with Crippen molar-refractivity contribution < 1.29 is 4.74 Å². The highest BCUT2D eigenvalue weighted by Gasteiger charge is 2.37. The molecule has 3 rings (SSSR count). The lowest BCUT2D eigenvalue weighted by Crippen LogP contribution is -2.45. The van der Waals surface area contributed by atoms with E-state index in [-0.39, 0.29) is 0 Å². The Hall–Kier alpha value is -1.06. The van der Waals surface area contributed by atoms with Crippen molar-refractivity contribution in [3.63, 3.8) is 0 Å². The Labute approximate surface area is 128 Å². The van der Waals surface area contributed by atoms with Crippen molar-refractivity contribution in [3.05, 3.63) is 29.3 Å². The van der Waals surface area contributed by atoms with Crippen LogP contribution in [0.2, 0.25) is 0 Å². The summed E-state index contributed by atoms with van der Waals surface area (Å²) in [6.07, 6.45) is 6.68. The topological polar surface area (TPSA) is 24.5 Å². The monoisotopic (exact) mass is 288 g/mol. The van der Waals surface area contributed by atoms with E-state index in [4.69, 9.17) is 4.74 Å². The number of hydrogen-bond acceptors (Lipinski definition) is 3. The highest BCUT2D eigenvalue weighted by Crippen LogP contribution is 2.38. The van der Waals surface area contributed by atoms with Crippen LogP contribution < -0.4 is 10.1 Å². The number of rotatable bonds is 5. The van der Waals surface area contributed by atoms with Crippen molar-refractivity contribution in [2.75, 3.05) is 20.7 Å². The molecule has 116 valence electrons. The summed E-state index contributed by atoms with van der Waals surface area (Å²) in [5.41, 5.74) is 2.92. The van der Waals surface area contributed by atoms with Gasteiger partial charge in [-0.2, -0.15) is 0 Å². The Morgan fingerprint density at radius 3 is 2.71 bits per heavy atom. The molecule has 21 heavy (non-hydrogen) atoms. The molecule has 0 bridgehead atoms. The van der Waals surface area contributed by atoms with Gasteiger partial charge in [0.25, 0.3) is 0 Å². The zero-order valence-electron chi connectivity index (χ0n) is 13.6. The third-order valence-electron chi connectivity index (χ3n) is 5.35. The first kappa shape index (κ1) is 14.9. The van der Waals surface area contributed by atoms with Gasteiger partial charge in [-0.05, 0) is 56.1 Å². The molecule has 0 amide bonds. The molecule has 0 radical (unpaired) electrons. The third-order valence-corrected chi connectivity index (χ3v) is 5.35. The average molecular weight is 288 g/mol. The fourth-order valence-corrected chi connectivity index (χ4v) is 4.15. The van der Waals surface area contributed by atoms with Gasteiger partial charge in [-0.3, -0.25) is 4.90 Å². The molecule has 0 spiro atoms. The molecule has 2 unspecified atom stereocenters. The Balaban J connectivity index is 1.85. The van der Waals surface area contributed by atoms with Crippen LogP contribution in [0, 0.1) is 0 Å². The number of nitrogens with zero attached hydrogens (tertiary/aromatic N) is 1. The Morgan fingerprint density at radius 1 is 1.29 bits per heavy atom. The lowest BCUT2D eigenvalue weighted by atomic mass is 10.0. The lowest BCUT2D eigenvalue weighted by molar-refractivity contribution is 0.148. The fraction of sp³-hybridized carbons (Fsp3) is 0.667. The van der Waals surface area contributed by atoms with Crippen LogP contribution >= 0.6 is 0 Å². The van der Waals surface area contributed by atoms with Gasteiger partial charge in [-0.1, -0.05) is 25.8 Å². The summed E-state index contributed by atoms with van der Waals surface area (Å²) in [5, 5.41) is 3.71. The molecule has 1 aromatic carbocycles. The molecule has 0 aliphatic heterocycles. The quantitative estimate of drug-likeness (QED) is 0.901. The van der Waals surface area contributed by atoms with E-state index in [0.717, 1.165) is 24.8 Å². The number of methoxy groups -OCH3 is 1. The molecule has 0 saturated heterocycles. The second-order valence-electron chi connectivity index (χ2n) is 6.48. The molecule has 1 saturated carbocycles. The Kier molecular flexibility index (Phi) is 4.51. The van der Waals surface area contributed by atoms with Crippen molar-refractivity contribution in [1.29, 1.82) is 0 Å². The maximum Gasteiger partial charge on any atom is 0.119 e. The molecule has 1 N–H and O–H groups in total. The van der Waals surface area contributed by atoms with Crippen LogP contribution in [0.1, 0.15) is 49.8 Å². The van der Waals surface area contributed by atoms with Gasteiger partial charge in [0.1, 0.15) is 5.75 Å². The molecule has 1 aromatic rings. The highest BCUT2D eigenvalue weighted by molar-refractivity contribution is 5.43. The zero-order chi connectivity index (χ0) is 14.8. The summed E-state index contributed by atoms with van der Waals surface area (Å²) in [5.74, 6) is 0.973. The van der Waals surface area contributed by atoms with E-state index in [9.17, 15) is 0 Å². The molecule has 2 aliphatic rings. The minimum atomic E-state index is 0.436. The van der Waals surface area contributed by atoms with Crippen molar-refractivity contribution in [3.8, 4) is 5.75 Å². The number of hydrogen-bond donors (Lipinski definition) is 1. The first-order chi connectivity index (χ1) is 10.2. The van der Waals surface area contributed by atoms with Crippen LogP contribution in [0.4, 0.5) is 0 Å². The highest BCUT2D eigenvalue weighted by atomic mass is 16.5. The largest absolute Gasteiger partial charge is 0.497 e. The van der Waals surface area contributed by atoms with E-state index in [1.807, 2.05) is 0 Å². The van der Waals surface area contributed by atoms with E-state index >= 15 is 0 Å². The Bertz CT molecular complexity index is 482. The Morgan fingerprint density at radius 2 is 2.05 bits per heavy atom. The van der Waals surface area contributed by atoms with Gasteiger partial charge in [-0.15, -0.1) is 0 Å². The molecule has 2 atom stereocenters. The van der Waals surface area contributed by atoms with Crippen molar-refractivity contribution in [2.45, 2.75) is 57.2 Å². The van der Waals surface area contributed by atoms with Gasteiger partial charge in [0.15, 0.2) is 0 Å². The van der Waals surface area contributed by atoms with Crippen molar-refractivity contribution in [2.24, 2.45) is 0 Å². The molecule has 1 fully saturated rings. The van der Waals surface area contributed by atoms with Crippen LogP contribution in [-0.4, -0.2) is 37.7 Å².